The van der Waals surface area contributed by atoms with E-state index in [9.17, 15) is 4.79 Å². The largest absolute Gasteiger partial charge is 0.381 e. The number of hydrogen-bond donors (Lipinski definition) is 2. The summed E-state index contributed by atoms with van der Waals surface area (Å²) in [6, 6.07) is 13.5. The zero-order chi connectivity index (χ0) is 18.3. The van der Waals surface area contributed by atoms with Gasteiger partial charge in [0.15, 0.2) is 0 Å². The summed E-state index contributed by atoms with van der Waals surface area (Å²) in [4.78, 5) is 11.8. The first-order chi connectivity index (χ1) is 12.5. The standard InChI is InChI=1S/C20H19ClN4O/c1-12-19(13(2)25(24-12)17-7-4-15(21)5-8-17)11-22-16-6-3-14-10-23-20(26)18(14)9-16/h3-9,22H,10-11H2,1-2H3,(H,23,26). The third kappa shape index (κ3) is 2.95. The number of aromatic nitrogens is 2. The number of nitrogens with zero attached hydrogens (tertiary/aromatic N) is 2. The maximum atomic E-state index is 11.8. The molecule has 0 aliphatic carbocycles. The molecule has 0 atom stereocenters. The molecule has 132 valence electrons. The van der Waals surface area contributed by atoms with Crippen molar-refractivity contribution in [2.24, 2.45) is 0 Å². The van der Waals surface area contributed by atoms with E-state index in [1.54, 1.807) is 0 Å². The summed E-state index contributed by atoms with van der Waals surface area (Å²) >= 11 is 5.98. The van der Waals surface area contributed by atoms with Crippen molar-refractivity contribution in [1.29, 1.82) is 0 Å². The van der Waals surface area contributed by atoms with Crippen LogP contribution >= 0.6 is 11.6 Å². The highest BCUT2D eigenvalue weighted by atomic mass is 35.5. The van der Waals surface area contributed by atoms with Crippen LogP contribution in [0, 0.1) is 13.8 Å². The number of hydrogen-bond acceptors (Lipinski definition) is 3. The lowest BCUT2D eigenvalue weighted by Crippen LogP contribution is -2.12. The van der Waals surface area contributed by atoms with Gasteiger partial charge in [-0.3, -0.25) is 4.79 Å². The Hall–Kier alpha value is -2.79. The van der Waals surface area contributed by atoms with Gasteiger partial charge in [0.2, 0.25) is 0 Å². The molecule has 5 nitrogen and oxygen atoms in total. The van der Waals surface area contributed by atoms with E-state index in [1.165, 1.54) is 0 Å². The first-order valence-corrected chi connectivity index (χ1v) is 8.87. The van der Waals surface area contributed by atoms with Crippen LogP contribution in [0.5, 0.6) is 0 Å². The Morgan fingerprint density at radius 2 is 1.96 bits per heavy atom. The van der Waals surface area contributed by atoms with Gasteiger partial charge in [-0.05, 0) is 55.8 Å². The molecule has 0 radical (unpaired) electrons. The lowest BCUT2D eigenvalue weighted by Gasteiger charge is -2.09. The number of amides is 1. The van der Waals surface area contributed by atoms with Gasteiger partial charge in [0.05, 0.1) is 11.4 Å². The lowest BCUT2D eigenvalue weighted by atomic mass is 10.1. The highest BCUT2D eigenvalue weighted by Gasteiger charge is 2.19. The molecule has 0 saturated heterocycles. The van der Waals surface area contributed by atoms with Gasteiger partial charge in [0, 0.05) is 40.6 Å². The van der Waals surface area contributed by atoms with Crippen LogP contribution in [0.25, 0.3) is 5.69 Å². The molecule has 1 aromatic heterocycles. The molecule has 0 saturated carbocycles. The summed E-state index contributed by atoms with van der Waals surface area (Å²) in [7, 11) is 0. The first kappa shape index (κ1) is 16.7. The lowest BCUT2D eigenvalue weighted by molar-refractivity contribution is 0.0966. The van der Waals surface area contributed by atoms with Crippen molar-refractivity contribution in [1.82, 2.24) is 15.1 Å². The van der Waals surface area contributed by atoms with Gasteiger partial charge in [-0.25, -0.2) is 4.68 Å². The number of carbonyl (C=O) groups is 1. The smallest absolute Gasteiger partial charge is 0.251 e. The van der Waals surface area contributed by atoms with Crippen molar-refractivity contribution >= 4 is 23.2 Å². The Labute approximate surface area is 157 Å². The van der Waals surface area contributed by atoms with Crippen molar-refractivity contribution in [3.63, 3.8) is 0 Å². The van der Waals surface area contributed by atoms with E-state index in [0.29, 0.717) is 18.1 Å². The number of carbonyl (C=O) groups excluding carboxylic acids is 1. The Balaban J connectivity index is 1.57. The second kappa shape index (κ2) is 6.50. The second-order valence-electron chi connectivity index (χ2n) is 6.45. The van der Waals surface area contributed by atoms with Gasteiger partial charge < -0.3 is 10.6 Å². The molecule has 3 aromatic rings. The Kier molecular flexibility index (Phi) is 4.17. The normalized spacial score (nSPS) is 12.8. The molecule has 2 N–H and O–H groups in total. The van der Waals surface area contributed by atoms with E-state index in [0.717, 1.165) is 39.5 Å². The fourth-order valence-corrected chi connectivity index (χ4v) is 3.40. The molecule has 6 heteroatoms. The van der Waals surface area contributed by atoms with Gasteiger partial charge in [-0.1, -0.05) is 17.7 Å². The molecule has 2 aromatic carbocycles. The number of nitrogens with one attached hydrogen (secondary N) is 2. The first-order valence-electron chi connectivity index (χ1n) is 8.49. The zero-order valence-electron chi connectivity index (χ0n) is 14.6. The van der Waals surface area contributed by atoms with Crippen LogP contribution in [0.4, 0.5) is 5.69 Å². The summed E-state index contributed by atoms with van der Waals surface area (Å²) in [5, 5.41) is 11.6. The van der Waals surface area contributed by atoms with Gasteiger partial charge >= 0.3 is 0 Å². The predicted octanol–water partition coefficient (Wildman–Crippen LogP) is 4.00. The minimum Gasteiger partial charge on any atom is -0.381 e. The summed E-state index contributed by atoms with van der Waals surface area (Å²) in [5.74, 6) is -0.00781. The molecule has 0 spiro atoms. The van der Waals surface area contributed by atoms with Crippen LogP contribution < -0.4 is 10.6 Å². The van der Waals surface area contributed by atoms with Crippen LogP contribution in [0.15, 0.2) is 42.5 Å². The number of halogens is 1. The molecule has 1 amide bonds. The predicted molar refractivity (Wildman–Crippen MR) is 103 cm³/mol. The van der Waals surface area contributed by atoms with Crippen molar-refractivity contribution in [2.75, 3.05) is 5.32 Å². The fourth-order valence-electron chi connectivity index (χ4n) is 3.28. The number of benzene rings is 2. The Morgan fingerprint density at radius 1 is 1.19 bits per heavy atom. The highest BCUT2D eigenvalue weighted by Crippen LogP contribution is 2.23. The van der Waals surface area contributed by atoms with Gasteiger partial charge in [-0.15, -0.1) is 0 Å². The number of rotatable bonds is 4. The molecule has 0 unspecified atom stereocenters. The highest BCUT2D eigenvalue weighted by molar-refractivity contribution is 6.30. The van der Waals surface area contributed by atoms with Crippen LogP contribution in [-0.2, 0) is 13.1 Å². The SMILES string of the molecule is Cc1nn(-c2ccc(Cl)cc2)c(C)c1CNc1ccc2c(c1)C(=O)NC2. The summed E-state index contributed by atoms with van der Waals surface area (Å²) in [5.41, 5.74) is 6.91. The molecule has 2 heterocycles. The number of anilines is 1. The minimum atomic E-state index is -0.00781. The van der Waals surface area contributed by atoms with Crippen LogP contribution in [0.1, 0.15) is 32.9 Å². The number of fused-ring (bicyclic) bond motifs is 1. The Bertz CT molecular complexity index is 992. The van der Waals surface area contributed by atoms with Crippen LogP contribution in [0.2, 0.25) is 5.02 Å². The van der Waals surface area contributed by atoms with E-state index in [-0.39, 0.29) is 5.91 Å². The van der Waals surface area contributed by atoms with Crippen LogP contribution in [-0.4, -0.2) is 15.7 Å². The minimum absolute atomic E-state index is 0.00781. The molecule has 26 heavy (non-hydrogen) atoms. The third-order valence-corrected chi connectivity index (χ3v) is 5.03. The average Bonchev–Trinajstić information content (AvgIpc) is 3.14. The average molecular weight is 367 g/mol. The third-order valence-electron chi connectivity index (χ3n) is 4.78. The molecule has 0 fully saturated rings. The van der Waals surface area contributed by atoms with Gasteiger partial charge in [0.1, 0.15) is 0 Å². The maximum Gasteiger partial charge on any atom is 0.251 e. The van der Waals surface area contributed by atoms with Crippen molar-refractivity contribution in [2.45, 2.75) is 26.9 Å². The molecular weight excluding hydrogens is 348 g/mol. The maximum absolute atomic E-state index is 11.8. The van der Waals surface area contributed by atoms with Crippen molar-refractivity contribution in [3.05, 3.63) is 75.6 Å². The molecule has 0 bridgehead atoms. The van der Waals surface area contributed by atoms with E-state index in [2.05, 4.69) is 22.7 Å². The molecule has 1 aliphatic heterocycles. The van der Waals surface area contributed by atoms with Crippen molar-refractivity contribution < 1.29 is 4.79 Å². The van der Waals surface area contributed by atoms with Crippen LogP contribution in [0.3, 0.4) is 0 Å². The second-order valence-corrected chi connectivity index (χ2v) is 6.88. The number of aryl methyl sites for hydroxylation is 1. The van der Waals surface area contributed by atoms with Crippen molar-refractivity contribution in [3.8, 4) is 5.69 Å². The van der Waals surface area contributed by atoms with E-state index in [4.69, 9.17) is 11.6 Å². The summed E-state index contributed by atoms with van der Waals surface area (Å²) in [6.07, 6.45) is 0. The van der Waals surface area contributed by atoms with E-state index in [1.807, 2.05) is 54.1 Å². The monoisotopic (exact) mass is 366 g/mol. The summed E-state index contributed by atoms with van der Waals surface area (Å²) in [6.45, 7) is 5.32. The van der Waals surface area contributed by atoms with Gasteiger partial charge in [-0.2, -0.15) is 5.10 Å². The molecular formula is C20H19ClN4O. The molecule has 4 rings (SSSR count). The molecule has 1 aliphatic rings. The quantitative estimate of drug-likeness (QED) is 0.733. The fraction of sp³-hybridized carbons (Fsp3) is 0.200. The van der Waals surface area contributed by atoms with E-state index < -0.39 is 0 Å². The van der Waals surface area contributed by atoms with Gasteiger partial charge in [0.25, 0.3) is 5.91 Å². The Morgan fingerprint density at radius 3 is 2.73 bits per heavy atom. The topological polar surface area (TPSA) is 59.0 Å². The summed E-state index contributed by atoms with van der Waals surface area (Å²) < 4.78 is 1.93. The van der Waals surface area contributed by atoms with E-state index >= 15 is 0 Å². The zero-order valence-corrected chi connectivity index (χ0v) is 15.4.